The number of rotatable bonds is 7. The highest BCUT2D eigenvalue weighted by atomic mass is 32.2. The van der Waals surface area contributed by atoms with Gasteiger partial charge in [-0.15, -0.1) is 0 Å². The number of hydrogen-bond donors (Lipinski definition) is 2. The highest BCUT2D eigenvalue weighted by Gasteiger charge is 2.32. The van der Waals surface area contributed by atoms with E-state index in [0.717, 1.165) is 5.56 Å². The second kappa shape index (κ2) is 9.53. The Morgan fingerprint density at radius 1 is 1.09 bits per heavy atom. The van der Waals surface area contributed by atoms with Crippen LogP contribution in [0.2, 0.25) is 0 Å². The maximum absolute atomic E-state index is 13.4. The van der Waals surface area contributed by atoms with Gasteiger partial charge in [-0.2, -0.15) is 0 Å². The van der Waals surface area contributed by atoms with Gasteiger partial charge in [-0.3, -0.25) is 9.59 Å². The molecule has 0 aliphatic carbocycles. The molecule has 1 aromatic heterocycles. The SMILES string of the molecule is COc1cc([C@H]2CC(=O)Nc3nc(SCc4cccc(F)c4)[nH]c(=O)c32)cc(OC)c1OC. The number of nitrogens with zero attached hydrogens (tertiary/aromatic N) is 1. The van der Waals surface area contributed by atoms with Crippen LogP contribution in [0.3, 0.4) is 0 Å². The van der Waals surface area contributed by atoms with Crippen molar-refractivity contribution in [2.75, 3.05) is 26.6 Å². The molecule has 2 N–H and O–H groups in total. The molecule has 0 fully saturated rings. The van der Waals surface area contributed by atoms with E-state index >= 15 is 0 Å². The van der Waals surface area contributed by atoms with Gasteiger partial charge in [-0.05, 0) is 35.4 Å². The summed E-state index contributed by atoms with van der Waals surface area (Å²) in [4.78, 5) is 32.8. The summed E-state index contributed by atoms with van der Waals surface area (Å²) >= 11 is 1.24. The van der Waals surface area contributed by atoms with E-state index in [1.54, 1.807) is 24.3 Å². The number of amides is 1. The van der Waals surface area contributed by atoms with Crippen LogP contribution in [0.1, 0.15) is 29.0 Å². The third-order valence-electron chi connectivity index (χ3n) is 5.28. The minimum absolute atomic E-state index is 0.0617. The van der Waals surface area contributed by atoms with E-state index in [4.69, 9.17) is 14.2 Å². The van der Waals surface area contributed by atoms with E-state index in [0.29, 0.717) is 39.3 Å². The summed E-state index contributed by atoms with van der Waals surface area (Å²) in [7, 11) is 4.50. The first kappa shape index (κ1) is 22.7. The summed E-state index contributed by atoms with van der Waals surface area (Å²) in [6.45, 7) is 0. The van der Waals surface area contributed by atoms with Gasteiger partial charge < -0.3 is 24.5 Å². The van der Waals surface area contributed by atoms with Crippen LogP contribution >= 0.6 is 11.8 Å². The van der Waals surface area contributed by atoms with Crippen LogP contribution in [-0.4, -0.2) is 37.2 Å². The summed E-state index contributed by atoms with van der Waals surface area (Å²) in [6.07, 6.45) is 0.0617. The molecule has 4 rings (SSSR count). The Balaban J connectivity index is 1.71. The molecule has 0 radical (unpaired) electrons. The number of carbonyl (C=O) groups excluding carboxylic acids is 1. The largest absolute Gasteiger partial charge is 0.493 e. The lowest BCUT2D eigenvalue weighted by Crippen LogP contribution is -2.31. The highest BCUT2D eigenvalue weighted by Crippen LogP contribution is 2.43. The smallest absolute Gasteiger partial charge is 0.257 e. The van der Waals surface area contributed by atoms with Crippen LogP contribution < -0.4 is 25.1 Å². The van der Waals surface area contributed by atoms with Crippen molar-refractivity contribution in [3.8, 4) is 17.2 Å². The van der Waals surface area contributed by atoms with Gasteiger partial charge in [0.15, 0.2) is 16.7 Å². The van der Waals surface area contributed by atoms with E-state index in [9.17, 15) is 14.0 Å². The van der Waals surface area contributed by atoms with Crippen molar-refractivity contribution >= 4 is 23.5 Å². The molecule has 0 spiro atoms. The summed E-state index contributed by atoms with van der Waals surface area (Å²) in [6, 6.07) is 9.64. The molecule has 8 nitrogen and oxygen atoms in total. The number of fused-ring (bicyclic) bond motifs is 1. The number of hydrogen-bond acceptors (Lipinski definition) is 7. The van der Waals surface area contributed by atoms with Gasteiger partial charge in [-0.25, -0.2) is 9.37 Å². The number of halogens is 1. The average molecular weight is 472 g/mol. The molecule has 1 aliphatic heterocycles. The Kier molecular flexibility index (Phi) is 6.55. The number of carbonyl (C=O) groups is 1. The fourth-order valence-electron chi connectivity index (χ4n) is 3.78. The molecule has 1 amide bonds. The molecule has 1 atom stereocenters. The number of aromatic amines is 1. The van der Waals surface area contributed by atoms with Crippen molar-refractivity contribution in [1.82, 2.24) is 9.97 Å². The lowest BCUT2D eigenvalue weighted by molar-refractivity contribution is -0.116. The minimum atomic E-state index is -0.555. The predicted molar refractivity (Wildman–Crippen MR) is 122 cm³/mol. The van der Waals surface area contributed by atoms with Crippen LogP contribution in [0, 0.1) is 5.82 Å². The number of thioether (sulfide) groups is 1. The van der Waals surface area contributed by atoms with Crippen molar-refractivity contribution in [2.24, 2.45) is 0 Å². The zero-order chi connectivity index (χ0) is 23.5. The molecule has 0 saturated heterocycles. The molecule has 0 unspecified atom stereocenters. The average Bonchev–Trinajstić information content (AvgIpc) is 2.81. The molecule has 10 heteroatoms. The highest BCUT2D eigenvalue weighted by molar-refractivity contribution is 7.98. The van der Waals surface area contributed by atoms with E-state index < -0.39 is 5.92 Å². The number of benzene rings is 2. The van der Waals surface area contributed by atoms with Crippen molar-refractivity contribution in [1.29, 1.82) is 0 Å². The fourth-order valence-corrected chi connectivity index (χ4v) is 4.59. The maximum Gasteiger partial charge on any atom is 0.257 e. The van der Waals surface area contributed by atoms with E-state index in [1.807, 2.05) is 0 Å². The molecule has 2 heterocycles. The number of nitrogens with one attached hydrogen (secondary N) is 2. The molecule has 3 aromatic rings. The van der Waals surface area contributed by atoms with Crippen molar-refractivity contribution in [3.05, 3.63) is 69.3 Å². The standard InChI is InChI=1S/C23H22FN3O5S/c1-30-16-8-13(9-17(31-2)20(16)32-3)15-10-18(28)25-21-19(15)22(29)27-23(26-21)33-11-12-5-4-6-14(24)7-12/h4-9,15H,10-11H2,1-3H3,(H2,25,26,27,28,29)/t15-/m1/s1. The molecule has 172 valence electrons. The van der Waals surface area contributed by atoms with Crippen LogP contribution in [0.25, 0.3) is 0 Å². The van der Waals surface area contributed by atoms with Crippen LogP contribution in [0.4, 0.5) is 10.2 Å². The minimum Gasteiger partial charge on any atom is -0.493 e. The number of H-pyrrole nitrogens is 1. The molecule has 33 heavy (non-hydrogen) atoms. The van der Waals surface area contributed by atoms with Crippen molar-refractivity contribution in [2.45, 2.75) is 23.2 Å². The van der Waals surface area contributed by atoms with Gasteiger partial charge in [0.25, 0.3) is 5.56 Å². The Labute approximate surface area is 193 Å². The predicted octanol–water partition coefficient (Wildman–Crippen LogP) is 3.70. The van der Waals surface area contributed by atoms with Gasteiger partial charge in [0.1, 0.15) is 11.6 Å². The van der Waals surface area contributed by atoms with Crippen molar-refractivity contribution < 1.29 is 23.4 Å². The molecular formula is C23H22FN3O5S. The Hall–Kier alpha value is -3.53. The van der Waals surface area contributed by atoms with E-state index in [1.165, 1.54) is 45.2 Å². The Bertz CT molecular complexity index is 1240. The fraction of sp³-hybridized carbons (Fsp3) is 0.261. The second-order valence-corrected chi connectivity index (χ2v) is 8.28. The summed E-state index contributed by atoms with van der Waals surface area (Å²) in [5, 5.41) is 3.02. The third kappa shape index (κ3) is 4.65. The normalized spacial score (nSPS) is 14.9. The van der Waals surface area contributed by atoms with Gasteiger partial charge in [0.2, 0.25) is 11.7 Å². The van der Waals surface area contributed by atoms with Crippen LogP contribution in [-0.2, 0) is 10.5 Å². The number of anilines is 1. The molecule has 1 aliphatic rings. The quantitative estimate of drug-likeness (QED) is 0.400. The van der Waals surface area contributed by atoms with E-state index in [2.05, 4.69) is 15.3 Å². The van der Waals surface area contributed by atoms with Gasteiger partial charge in [0.05, 0.1) is 26.9 Å². The zero-order valence-corrected chi connectivity index (χ0v) is 19.0. The topological polar surface area (TPSA) is 103 Å². The lowest BCUT2D eigenvalue weighted by atomic mass is 9.86. The number of methoxy groups -OCH3 is 3. The molecular weight excluding hydrogens is 449 g/mol. The number of aromatic nitrogens is 2. The zero-order valence-electron chi connectivity index (χ0n) is 18.2. The lowest BCUT2D eigenvalue weighted by Gasteiger charge is -2.25. The van der Waals surface area contributed by atoms with Crippen LogP contribution in [0.15, 0.2) is 46.3 Å². The summed E-state index contributed by atoms with van der Waals surface area (Å²) in [5.41, 5.74) is 1.40. The maximum atomic E-state index is 13.4. The summed E-state index contributed by atoms with van der Waals surface area (Å²) < 4.78 is 29.6. The van der Waals surface area contributed by atoms with Crippen LogP contribution in [0.5, 0.6) is 17.2 Å². The van der Waals surface area contributed by atoms with E-state index in [-0.39, 0.29) is 29.5 Å². The van der Waals surface area contributed by atoms with Gasteiger partial charge in [0, 0.05) is 18.1 Å². The monoisotopic (exact) mass is 471 g/mol. The van der Waals surface area contributed by atoms with Crippen molar-refractivity contribution in [3.63, 3.8) is 0 Å². The first-order valence-corrected chi connectivity index (χ1v) is 11.0. The first-order valence-electron chi connectivity index (χ1n) is 10.0. The number of ether oxygens (including phenoxy) is 3. The Morgan fingerprint density at radius 2 is 1.82 bits per heavy atom. The first-order chi connectivity index (χ1) is 15.9. The molecule has 2 aromatic carbocycles. The Morgan fingerprint density at radius 3 is 2.45 bits per heavy atom. The van der Waals surface area contributed by atoms with Gasteiger partial charge in [-0.1, -0.05) is 23.9 Å². The molecule has 0 bridgehead atoms. The van der Waals surface area contributed by atoms with Gasteiger partial charge >= 0.3 is 0 Å². The summed E-state index contributed by atoms with van der Waals surface area (Å²) in [5.74, 6) is 0.721. The molecule has 0 saturated carbocycles. The second-order valence-electron chi connectivity index (χ2n) is 7.32. The third-order valence-corrected chi connectivity index (χ3v) is 6.23.